The molecule has 2 aliphatic rings. The molecular formula is C9H12N2O7. The Balaban J connectivity index is 2.19. The maximum Gasteiger partial charge on any atom is 0.333 e. The van der Waals surface area contributed by atoms with Gasteiger partial charge in [0.1, 0.15) is 24.7 Å². The van der Waals surface area contributed by atoms with Crippen LogP contribution in [0.5, 0.6) is 0 Å². The molecule has 2 rings (SSSR count). The molecule has 4 amide bonds. The average Bonchev–Trinajstić information content (AvgIpc) is 2.56. The molecule has 100 valence electrons. The van der Waals surface area contributed by atoms with Gasteiger partial charge in [-0.1, -0.05) is 0 Å². The fourth-order valence-corrected chi connectivity index (χ4v) is 1.91. The highest BCUT2D eigenvalue weighted by molar-refractivity contribution is 6.14. The van der Waals surface area contributed by atoms with E-state index in [2.05, 4.69) is 0 Å². The summed E-state index contributed by atoms with van der Waals surface area (Å²) in [6.45, 7) is -0.572. The topological polar surface area (TPSA) is 136 Å². The van der Waals surface area contributed by atoms with E-state index in [1.165, 1.54) is 0 Å². The van der Waals surface area contributed by atoms with E-state index in [9.17, 15) is 24.6 Å². The number of hydrogen-bond acceptors (Lipinski definition) is 7. The number of rotatable bonds is 2. The lowest BCUT2D eigenvalue weighted by molar-refractivity contribution is -0.150. The number of imide groups is 2. The minimum atomic E-state index is -1.54. The normalized spacial score (nSPS) is 37.1. The van der Waals surface area contributed by atoms with Crippen LogP contribution in [-0.4, -0.2) is 69.2 Å². The molecule has 4 N–H and O–H groups in total. The number of hydrogen-bond donors (Lipinski definition) is 4. The third kappa shape index (κ3) is 1.97. The van der Waals surface area contributed by atoms with Gasteiger partial charge in [-0.25, -0.2) is 9.69 Å². The van der Waals surface area contributed by atoms with Gasteiger partial charge in [-0.3, -0.25) is 14.9 Å². The lowest BCUT2D eigenvalue weighted by Crippen LogP contribution is -2.59. The van der Waals surface area contributed by atoms with E-state index in [0.29, 0.717) is 4.90 Å². The SMILES string of the molecule is O=C1CC(=O)N([C@H]2O[C@@H](CO)[C@@H](O)[C@H]2O)C(=O)N1. The molecule has 2 fully saturated rings. The average molecular weight is 260 g/mol. The molecule has 0 aromatic heterocycles. The van der Waals surface area contributed by atoms with Crippen molar-refractivity contribution in [2.24, 2.45) is 0 Å². The second-order valence-corrected chi connectivity index (χ2v) is 4.02. The summed E-state index contributed by atoms with van der Waals surface area (Å²) >= 11 is 0. The summed E-state index contributed by atoms with van der Waals surface area (Å²) in [6.07, 6.45) is -6.01. The van der Waals surface area contributed by atoms with Crippen molar-refractivity contribution < 1.29 is 34.4 Å². The Hall–Kier alpha value is -1.55. The van der Waals surface area contributed by atoms with Gasteiger partial charge >= 0.3 is 6.03 Å². The molecule has 2 aliphatic heterocycles. The zero-order valence-corrected chi connectivity index (χ0v) is 9.15. The molecule has 2 heterocycles. The third-order valence-electron chi connectivity index (χ3n) is 2.82. The lowest BCUT2D eigenvalue weighted by Gasteiger charge is -2.30. The summed E-state index contributed by atoms with van der Waals surface area (Å²) in [6, 6.07) is -1.02. The fraction of sp³-hybridized carbons (Fsp3) is 0.667. The summed E-state index contributed by atoms with van der Waals surface area (Å²) in [4.78, 5) is 34.5. The second-order valence-electron chi connectivity index (χ2n) is 4.02. The lowest BCUT2D eigenvalue weighted by atomic mass is 10.1. The molecule has 9 nitrogen and oxygen atoms in total. The van der Waals surface area contributed by atoms with E-state index in [4.69, 9.17) is 9.84 Å². The number of amides is 4. The first kappa shape index (κ1) is 12.9. The molecule has 0 unspecified atom stereocenters. The van der Waals surface area contributed by atoms with Gasteiger partial charge in [0.25, 0.3) is 0 Å². The Morgan fingerprint density at radius 1 is 1.28 bits per heavy atom. The first-order valence-electron chi connectivity index (χ1n) is 5.24. The Morgan fingerprint density at radius 3 is 2.44 bits per heavy atom. The Kier molecular flexibility index (Phi) is 3.30. The van der Waals surface area contributed by atoms with E-state index in [1.807, 2.05) is 5.32 Å². The van der Waals surface area contributed by atoms with Gasteiger partial charge in [-0.15, -0.1) is 0 Å². The zero-order chi connectivity index (χ0) is 13.4. The third-order valence-corrected chi connectivity index (χ3v) is 2.82. The van der Waals surface area contributed by atoms with Crippen molar-refractivity contribution in [2.75, 3.05) is 6.61 Å². The van der Waals surface area contributed by atoms with Crippen LogP contribution in [-0.2, 0) is 14.3 Å². The van der Waals surface area contributed by atoms with Gasteiger partial charge in [0.2, 0.25) is 11.8 Å². The van der Waals surface area contributed by atoms with Crippen LogP contribution < -0.4 is 5.32 Å². The number of ether oxygens (including phenoxy) is 1. The summed E-state index contributed by atoms with van der Waals surface area (Å²) in [5.41, 5.74) is 0. The maximum absolute atomic E-state index is 11.6. The van der Waals surface area contributed by atoms with Crippen LogP contribution >= 0.6 is 0 Å². The quantitative estimate of drug-likeness (QED) is 0.386. The van der Waals surface area contributed by atoms with Crippen molar-refractivity contribution in [2.45, 2.75) is 31.0 Å². The Morgan fingerprint density at radius 2 is 1.94 bits per heavy atom. The second kappa shape index (κ2) is 4.61. The minimum absolute atomic E-state index is 0.533. The van der Waals surface area contributed by atoms with Crippen molar-refractivity contribution >= 4 is 17.8 Å². The summed E-state index contributed by atoms with van der Waals surface area (Å²) in [7, 11) is 0. The predicted molar refractivity (Wildman–Crippen MR) is 52.8 cm³/mol. The van der Waals surface area contributed by atoms with Gasteiger partial charge in [0.05, 0.1) is 6.61 Å². The molecule has 0 spiro atoms. The zero-order valence-electron chi connectivity index (χ0n) is 9.15. The molecule has 9 heteroatoms. The summed E-state index contributed by atoms with van der Waals surface area (Å²) in [5, 5.41) is 30.0. The van der Waals surface area contributed by atoms with Crippen LogP contribution in [0.3, 0.4) is 0 Å². The first-order valence-corrected chi connectivity index (χ1v) is 5.24. The molecule has 18 heavy (non-hydrogen) atoms. The number of carbonyl (C=O) groups excluding carboxylic acids is 3. The van der Waals surface area contributed by atoms with Crippen molar-refractivity contribution in [3.63, 3.8) is 0 Å². The van der Waals surface area contributed by atoms with E-state index in [0.717, 1.165) is 0 Å². The predicted octanol–water partition coefficient (Wildman–Crippen LogP) is -3.11. The first-order chi connectivity index (χ1) is 8.45. The number of urea groups is 1. The van der Waals surface area contributed by atoms with E-state index in [-0.39, 0.29) is 0 Å². The summed E-state index contributed by atoms with van der Waals surface area (Å²) < 4.78 is 5.03. The fourth-order valence-electron chi connectivity index (χ4n) is 1.91. The number of barbiturate groups is 1. The van der Waals surface area contributed by atoms with E-state index < -0.39 is 55.4 Å². The number of aliphatic hydroxyl groups is 3. The maximum atomic E-state index is 11.6. The van der Waals surface area contributed by atoms with Gasteiger partial charge < -0.3 is 20.1 Å². The van der Waals surface area contributed by atoms with Crippen LogP contribution in [0.15, 0.2) is 0 Å². The number of nitrogens with zero attached hydrogens (tertiary/aromatic N) is 1. The van der Waals surface area contributed by atoms with Crippen LogP contribution in [0, 0.1) is 0 Å². The standard InChI is InChI=1S/C9H12N2O7/c12-2-3-6(15)7(16)8(18-3)11-5(14)1-4(13)10-9(11)17/h3,6-8,12,15-16H,1-2H2,(H,10,13,17)/t3-,6+,7+,8-/m0/s1. The van der Waals surface area contributed by atoms with Crippen molar-refractivity contribution in [3.8, 4) is 0 Å². The molecule has 4 atom stereocenters. The van der Waals surface area contributed by atoms with Crippen LogP contribution in [0.25, 0.3) is 0 Å². The Labute approximate surface area is 101 Å². The molecule has 0 aromatic rings. The van der Waals surface area contributed by atoms with Crippen LogP contribution in [0.1, 0.15) is 6.42 Å². The highest BCUT2D eigenvalue weighted by atomic mass is 16.6. The number of carbonyl (C=O) groups is 3. The minimum Gasteiger partial charge on any atom is -0.394 e. The van der Waals surface area contributed by atoms with Gasteiger partial charge in [-0.05, 0) is 0 Å². The smallest absolute Gasteiger partial charge is 0.333 e. The molecule has 0 aliphatic carbocycles. The molecule has 0 aromatic carbocycles. The van der Waals surface area contributed by atoms with Crippen molar-refractivity contribution in [3.05, 3.63) is 0 Å². The van der Waals surface area contributed by atoms with Gasteiger partial charge in [-0.2, -0.15) is 0 Å². The van der Waals surface area contributed by atoms with E-state index in [1.54, 1.807) is 0 Å². The summed E-state index contributed by atoms with van der Waals surface area (Å²) in [5.74, 6) is -1.58. The number of aliphatic hydroxyl groups excluding tert-OH is 3. The molecule has 0 saturated carbocycles. The Bertz CT molecular complexity index is 378. The van der Waals surface area contributed by atoms with E-state index >= 15 is 0 Å². The van der Waals surface area contributed by atoms with Gasteiger partial charge in [0.15, 0.2) is 6.23 Å². The molecular weight excluding hydrogens is 248 g/mol. The highest BCUT2D eigenvalue weighted by Crippen LogP contribution is 2.25. The number of nitrogens with one attached hydrogen (secondary N) is 1. The molecule has 0 radical (unpaired) electrons. The molecule has 0 bridgehead atoms. The van der Waals surface area contributed by atoms with Crippen LogP contribution in [0.4, 0.5) is 4.79 Å². The van der Waals surface area contributed by atoms with Gasteiger partial charge in [0, 0.05) is 0 Å². The van der Waals surface area contributed by atoms with Crippen molar-refractivity contribution in [1.82, 2.24) is 10.2 Å². The van der Waals surface area contributed by atoms with Crippen molar-refractivity contribution in [1.29, 1.82) is 0 Å². The monoisotopic (exact) mass is 260 g/mol. The molecule has 2 saturated heterocycles. The highest BCUT2D eigenvalue weighted by Gasteiger charge is 2.50. The van der Waals surface area contributed by atoms with Crippen LogP contribution in [0.2, 0.25) is 0 Å². The largest absolute Gasteiger partial charge is 0.394 e.